The van der Waals surface area contributed by atoms with Crippen LogP contribution in [0.5, 0.6) is 0 Å². The highest BCUT2D eigenvalue weighted by molar-refractivity contribution is 5.61. The third kappa shape index (κ3) is 5.27. The highest BCUT2D eigenvalue weighted by atomic mass is 16.7. The first-order chi connectivity index (χ1) is 8.42. The number of carbonyl (C=O) groups excluding carboxylic acids is 1. The van der Waals surface area contributed by atoms with E-state index in [9.17, 15) is 4.79 Å². The zero-order valence-corrected chi connectivity index (χ0v) is 11.5. The summed E-state index contributed by atoms with van der Waals surface area (Å²) in [5, 5.41) is 0. The van der Waals surface area contributed by atoms with Crippen molar-refractivity contribution in [3.8, 4) is 12.3 Å². The van der Waals surface area contributed by atoms with Crippen LogP contribution < -0.4 is 0 Å². The van der Waals surface area contributed by atoms with Crippen molar-refractivity contribution in [1.82, 2.24) is 0 Å². The summed E-state index contributed by atoms with van der Waals surface area (Å²) in [6.45, 7) is 5.43. The van der Waals surface area contributed by atoms with Crippen LogP contribution in [-0.2, 0) is 9.47 Å². The number of terminal acetylenes is 1. The molecule has 18 heavy (non-hydrogen) atoms. The molecule has 0 saturated carbocycles. The lowest BCUT2D eigenvalue weighted by Gasteiger charge is -2.24. The second kappa shape index (κ2) is 6.49. The summed E-state index contributed by atoms with van der Waals surface area (Å²) in [7, 11) is 0. The molecule has 1 atom stereocenters. The summed E-state index contributed by atoms with van der Waals surface area (Å²) in [4.78, 5) is 11.6. The summed E-state index contributed by atoms with van der Waals surface area (Å²) < 4.78 is 10.5. The van der Waals surface area contributed by atoms with E-state index in [0.717, 1.165) is 24.8 Å². The van der Waals surface area contributed by atoms with Gasteiger partial charge in [-0.15, -0.1) is 12.3 Å². The molecule has 3 heteroatoms. The lowest BCUT2D eigenvalue weighted by molar-refractivity contribution is -0.0200. The molecule has 3 nitrogen and oxygen atoms in total. The van der Waals surface area contributed by atoms with E-state index in [2.05, 4.69) is 12.0 Å². The van der Waals surface area contributed by atoms with Crippen LogP contribution in [0.15, 0.2) is 11.6 Å². The first kappa shape index (κ1) is 14.6. The first-order valence-corrected chi connectivity index (χ1v) is 6.44. The fourth-order valence-corrected chi connectivity index (χ4v) is 1.90. The average Bonchev–Trinajstić information content (AvgIpc) is 2.27. The van der Waals surface area contributed by atoms with Gasteiger partial charge in [-0.2, -0.15) is 0 Å². The van der Waals surface area contributed by atoms with Gasteiger partial charge in [-0.05, 0) is 52.0 Å². The van der Waals surface area contributed by atoms with Crippen LogP contribution in [0.2, 0.25) is 0 Å². The van der Waals surface area contributed by atoms with Gasteiger partial charge in [-0.1, -0.05) is 6.08 Å². The molecule has 0 N–H and O–H groups in total. The van der Waals surface area contributed by atoms with Crippen LogP contribution in [0.4, 0.5) is 4.79 Å². The van der Waals surface area contributed by atoms with Crippen molar-refractivity contribution in [2.75, 3.05) is 0 Å². The van der Waals surface area contributed by atoms with Gasteiger partial charge in [-0.25, -0.2) is 4.79 Å². The second-order valence-corrected chi connectivity index (χ2v) is 5.50. The maximum atomic E-state index is 11.6. The van der Waals surface area contributed by atoms with E-state index in [1.54, 1.807) is 0 Å². The van der Waals surface area contributed by atoms with Gasteiger partial charge in [0.15, 0.2) is 0 Å². The monoisotopic (exact) mass is 250 g/mol. The fraction of sp³-hybridized carbons (Fsp3) is 0.667. The number of ether oxygens (including phenoxy) is 2. The maximum absolute atomic E-state index is 11.6. The van der Waals surface area contributed by atoms with Gasteiger partial charge >= 0.3 is 6.16 Å². The fourth-order valence-electron chi connectivity index (χ4n) is 1.90. The number of hydrogen-bond acceptors (Lipinski definition) is 3. The number of hydrogen-bond donors (Lipinski definition) is 0. The molecular weight excluding hydrogens is 228 g/mol. The van der Waals surface area contributed by atoms with Gasteiger partial charge < -0.3 is 9.47 Å². The molecule has 0 aromatic heterocycles. The Morgan fingerprint density at radius 1 is 1.50 bits per heavy atom. The predicted octanol–water partition coefficient (Wildman–Crippen LogP) is 3.83. The average molecular weight is 250 g/mol. The summed E-state index contributed by atoms with van der Waals surface area (Å²) >= 11 is 0. The first-order valence-electron chi connectivity index (χ1n) is 6.44. The summed E-state index contributed by atoms with van der Waals surface area (Å²) in [6, 6.07) is 0. The molecule has 0 bridgehead atoms. The van der Waals surface area contributed by atoms with Crippen molar-refractivity contribution in [1.29, 1.82) is 0 Å². The Hall–Kier alpha value is -1.43. The Labute approximate surface area is 110 Å². The van der Waals surface area contributed by atoms with Gasteiger partial charge in [0, 0.05) is 6.42 Å². The van der Waals surface area contributed by atoms with Crippen LogP contribution in [0.1, 0.15) is 52.9 Å². The summed E-state index contributed by atoms with van der Waals surface area (Å²) in [5.41, 5.74) is 0.587. The highest BCUT2D eigenvalue weighted by Gasteiger charge is 2.23. The molecule has 0 spiro atoms. The molecule has 0 aromatic carbocycles. The molecule has 1 aliphatic carbocycles. The Morgan fingerprint density at radius 2 is 2.22 bits per heavy atom. The van der Waals surface area contributed by atoms with E-state index in [1.807, 2.05) is 20.8 Å². The molecule has 0 aliphatic heterocycles. The van der Waals surface area contributed by atoms with Crippen LogP contribution in [0.25, 0.3) is 0 Å². The number of rotatable bonds is 3. The lowest BCUT2D eigenvalue weighted by atomic mass is 9.94. The van der Waals surface area contributed by atoms with E-state index in [4.69, 9.17) is 15.9 Å². The van der Waals surface area contributed by atoms with Crippen molar-refractivity contribution in [2.24, 2.45) is 0 Å². The largest absolute Gasteiger partial charge is 0.509 e. The van der Waals surface area contributed by atoms with E-state index in [-0.39, 0.29) is 6.10 Å². The Balaban J connectivity index is 2.60. The zero-order valence-electron chi connectivity index (χ0n) is 11.5. The Kier molecular flexibility index (Phi) is 5.27. The molecular formula is C15H22O3. The lowest BCUT2D eigenvalue weighted by Crippen LogP contribution is -2.28. The molecule has 1 aliphatic rings. The van der Waals surface area contributed by atoms with E-state index < -0.39 is 11.8 Å². The molecule has 0 amide bonds. The van der Waals surface area contributed by atoms with E-state index in [0.29, 0.717) is 6.42 Å². The van der Waals surface area contributed by atoms with Crippen molar-refractivity contribution < 1.29 is 14.3 Å². The third-order valence-corrected chi connectivity index (χ3v) is 2.67. The summed E-state index contributed by atoms with van der Waals surface area (Å²) in [6.07, 6.45) is 11.2. The van der Waals surface area contributed by atoms with Crippen molar-refractivity contribution in [2.45, 2.75) is 64.6 Å². The minimum absolute atomic E-state index is 0.329. The van der Waals surface area contributed by atoms with E-state index in [1.165, 1.54) is 6.42 Å². The number of allylic oxidation sites excluding steroid dienone is 1. The van der Waals surface area contributed by atoms with Gasteiger partial charge in [0.1, 0.15) is 11.7 Å². The number of carbonyl (C=O) groups is 1. The molecule has 1 rings (SSSR count). The molecule has 100 valence electrons. The van der Waals surface area contributed by atoms with Gasteiger partial charge in [-0.3, -0.25) is 0 Å². The topological polar surface area (TPSA) is 35.5 Å². The van der Waals surface area contributed by atoms with Crippen LogP contribution in [0.3, 0.4) is 0 Å². The van der Waals surface area contributed by atoms with Gasteiger partial charge in [0.2, 0.25) is 0 Å². The van der Waals surface area contributed by atoms with E-state index >= 15 is 0 Å². The van der Waals surface area contributed by atoms with Crippen molar-refractivity contribution in [3.63, 3.8) is 0 Å². The standard InChI is InChI=1S/C15H22O3/c1-5-9-13(12-10-7-6-8-11-12)17-14(16)18-15(2,3)4/h1,10,13H,6-9,11H2,2-4H3. The zero-order chi connectivity index (χ0) is 13.6. The third-order valence-electron chi connectivity index (χ3n) is 2.67. The van der Waals surface area contributed by atoms with Gasteiger partial charge in [0.25, 0.3) is 0 Å². The van der Waals surface area contributed by atoms with Crippen molar-refractivity contribution in [3.05, 3.63) is 11.6 Å². The smallest absolute Gasteiger partial charge is 0.429 e. The summed E-state index contributed by atoms with van der Waals surface area (Å²) in [5.74, 6) is 2.56. The highest BCUT2D eigenvalue weighted by Crippen LogP contribution is 2.24. The second-order valence-electron chi connectivity index (χ2n) is 5.50. The van der Waals surface area contributed by atoms with Crippen LogP contribution in [0, 0.1) is 12.3 Å². The minimum atomic E-state index is -0.644. The molecule has 0 radical (unpaired) electrons. The minimum Gasteiger partial charge on any atom is -0.429 e. The molecule has 1 unspecified atom stereocenters. The molecule has 0 aromatic rings. The van der Waals surface area contributed by atoms with Crippen LogP contribution in [-0.4, -0.2) is 17.9 Å². The molecule has 0 heterocycles. The molecule has 0 saturated heterocycles. The Bertz CT molecular complexity index is 355. The SMILES string of the molecule is C#CCC(OC(=O)OC(C)(C)C)C1=CCCCC1. The van der Waals surface area contributed by atoms with Crippen LogP contribution >= 0.6 is 0 Å². The molecule has 0 fully saturated rings. The predicted molar refractivity (Wildman–Crippen MR) is 71.1 cm³/mol. The quantitative estimate of drug-likeness (QED) is 0.434. The van der Waals surface area contributed by atoms with Gasteiger partial charge in [0.05, 0.1) is 0 Å². The maximum Gasteiger partial charge on any atom is 0.509 e. The normalized spacial score (nSPS) is 17.3. The van der Waals surface area contributed by atoms with Crippen molar-refractivity contribution >= 4 is 6.16 Å². The Morgan fingerprint density at radius 3 is 2.72 bits per heavy atom.